The molecule has 3 heterocycles. The van der Waals surface area contributed by atoms with Crippen LogP contribution in [0.25, 0.3) is 0 Å². The van der Waals surface area contributed by atoms with Crippen molar-refractivity contribution in [2.75, 3.05) is 55.5 Å². The number of nitrogens with zero attached hydrogens (tertiary/aromatic N) is 5. The molecule has 1 fully saturated rings. The summed E-state index contributed by atoms with van der Waals surface area (Å²) in [5.74, 6) is -0.510. The molecular formula is C23H29FN6O. The van der Waals surface area contributed by atoms with Gasteiger partial charge in [-0.25, -0.2) is 9.37 Å². The molecule has 0 saturated carbocycles. The molecular weight excluding hydrogens is 395 g/mol. The van der Waals surface area contributed by atoms with Gasteiger partial charge in [-0.3, -0.25) is 4.79 Å². The van der Waals surface area contributed by atoms with Gasteiger partial charge in [0.2, 0.25) is 0 Å². The van der Waals surface area contributed by atoms with Crippen molar-refractivity contribution in [3.05, 3.63) is 61.1 Å². The summed E-state index contributed by atoms with van der Waals surface area (Å²) in [5.41, 5.74) is 2.46. The Morgan fingerprint density at radius 1 is 1.16 bits per heavy atom. The molecule has 2 aliphatic rings. The van der Waals surface area contributed by atoms with Crippen LogP contribution in [0.2, 0.25) is 0 Å². The Labute approximate surface area is 182 Å². The Kier molecular flexibility index (Phi) is 7.02. The van der Waals surface area contributed by atoms with Gasteiger partial charge in [-0.05, 0) is 38.2 Å². The summed E-state index contributed by atoms with van der Waals surface area (Å²) < 4.78 is 15.1. The Hall–Kier alpha value is -3.26. The summed E-state index contributed by atoms with van der Waals surface area (Å²) in [7, 11) is 3.86. The van der Waals surface area contributed by atoms with Crippen molar-refractivity contribution >= 4 is 28.8 Å². The maximum Gasteiger partial charge on any atom is 0.257 e. The number of carbonyl (C=O) groups is 1. The molecule has 31 heavy (non-hydrogen) atoms. The number of likely N-dealkylation sites (N-methyl/N-ethyl adjacent to an activating group) is 1. The predicted octanol–water partition coefficient (Wildman–Crippen LogP) is 3.20. The van der Waals surface area contributed by atoms with Gasteiger partial charge in [0.05, 0.1) is 17.3 Å². The van der Waals surface area contributed by atoms with Gasteiger partial charge in [0.25, 0.3) is 5.91 Å². The summed E-state index contributed by atoms with van der Waals surface area (Å²) in [6.45, 7) is 11.1. The van der Waals surface area contributed by atoms with E-state index in [0.29, 0.717) is 22.8 Å². The fourth-order valence-electron chi connectivity index (χ4n) is 3.74. The highest BCUT2D eigenvalue weighted by Crippen LogP contribution is 2.33. The maximum absolute atomic E-state index is 15.1. The monoisotopic (exact) mass is 424 g/mol. The number of pyridine rings is 1. The van der Waals surface area contributed by atoms with Crippen LogP contribution in [0, 0.1) is 11.7 Å². The summed E-state index contributed by atoms with van der Waals surface area (Å²) in [5, 5.41) is 8.95. The van der Waals surface area contributed by atoms with Crippen molar-refractivity contribution in [2.24, 2.45) is 11.0 Å². The minimum Gasteiger partial charge on any atom is -0.388 e. The molecule has 2 aliphatic heterocycles. The van der Waals surface area contributed by atoms with Crippen LogP contribution in [0.4, 0.5) is 21.6 Å². The molecule has 0 aliphatic carbocycles. The molecule has 1 saturated heterocycles. The highest BCUT2D eigenvalue weighted by atomic mass is 19.1. The maximum atomic E-state index is 15.1. The number of benzene rings is 1. The van der Waals surface area contributed by atoms with E-state index in [-0.39, 0.29) is 11.7 Å². The van der Waals surface area contributed by atoms with E-state index in [1.54, 1.807) is 38.4 Å². The van der Waals surface area contributed by atoms with Crippen LogP contribution in [0.1, 0.15) is 12.5 Å². The lowest BCUT2D eigenvalue weighted by Crippen LogP contribution is -2.44. The van der Waals surface area contributed by atoms with Crippen LogP contribution in [0.15, 0.2) is 54.8 Å². The van der Waals surface area contributed by atoms with Crippen molar-refractivity contribution in [3.8, 4) is 0 Å². The fraction of sp³-hybridized carbons (Fsp3) is 0.348. The third-order valence-corrected chi connectivity index (χ3v) is 5.54. The first-order valence-corrected chi connectivity index (χ1v) is 10.3. The van der Waals surface area contributed by atoms with Crippen molar-refractivity contribution in [2.45, 2.75) is 6.92 Å². The number of hydrogen-bond acceptors (Lipinski definition) is 6. The van der Waals surface area contributed by atoms with Crippen LogP contribution in [0.5, 0.6) is 0 Å². The lowest BCUT2D eigenvalue weighted by Gasteiger charge is -2.34. The standard InChI is InChI=1S/C21H25FN6O.C2H4/c1-14-20(25-28(21(14)29)19-6-4-5-7-24-19)15-12-16(22)18(13-17(15)23-2)27-10-8-26(3)9-11-27;1-2/h4-7,12-14,23H,8-11H2,1-3H3;1-2H2. The molecule has 1 aromatic heterocycles. The lowest BCUT2D eigenvalue weighted by atomic mass is 9.96. The van der Waals surface area contributed by atoms with Crippen molar-refractivity contribution < 1.29 is 9.18 Å². The second kappa shape index (κ2) is 9.70. The smallest absolute Gasteiger partial charge is 0.257 e. The third-order valence-electron chi connectivity index (χ3n) is 5.54. The van der Waals surface area contributed by atoms with E-state index in [0.717, 1.165) is 31.9 Å². The number of nitrogens with one attached hydrogen (secondary N) is 1. The average Bonchev–Trinajstić information content (AvgIpc) is 3.10. The molecule has 1 aromatic carbocycles. The van der Waals surface area contributed by atoms with Gasteiger partial charge in [0.15, 0.2) is 5.82 Å². The largest absolute Gasteiger partial charge is 0.388 e. The topological polar surface area (TPSA) is 64.1 Å². The molecule has 1 amide bonds. The number of aromatic nitrogens is 1. The highest BCUT2D eigenvalue weighted by molar-refractivity contribution is 6.22. The van der Waals surface area contributed by atoms with E-state index in [9.17, 15) is 4.79 Å². The third kappa shape index (κ3) is 4.44. The van der Waals surface area contributed by atoms with E-state index in [1.807, 2.05) is 6.07 Å². The van der Waals surface area contributed by atoms with Crippen LogP contribution in [0.3, 0.4) is 0 Å². The Morgan fingerprint density at radius 2 is 1.87 bits per heavy atom. The second-order valence-corrected chi connectivity index (χ2v) is 7.43. The number of amides is 1. The molecule has 8 heteroatoms. The van der Waals surface area contributed by atoms with E-state index >= 15 is 4.39 Å². The predicted molar refractivity (Wildman–Crippen MR) is 124 cm³/mol. The van der Waals surface area contributed by atoms with Gasteiger partial charge in [-0.15, -0.1) is 13.2 Å². The van der Waals surface area contributed by atoms with Crippen molar-refractivity contribution in [1.29, 1.82) is 0 Å². The molecule has 4 rings (SSSR count). The van der Waals surface area contributed by atoms with Gasteiger partial charge < -0.3 is 15.1 Å². The molecule has 0 spiro atoms. The number of hydrogen-bond donors (Lipinski definition) is 1. The minimum absolute atomic E-state index is 0.177. The number of piperazine rings is 1. The summed E-state index contributed by atoms with van der Waals surface area (Å²) in [6.07, 6.45) is 1.62. The molecule has 1 N–H and O–H groups in total. The summed E-state index contributed by atoms with van der Waals surface area (Å²) >= 11 is 0. The highest BCUT2D eigenvalue weighted by Gasteiger charge is 2.36. The zero-order chi connectivity index (χ0) is 22.5. The number of anilines is 3. The van der Waals surface area contributed by atoms with E-state index in [1.165, 1.54) is 11.1 Å². The fourth-order valence-corrected chi connectivity index (χ4v) is 3.74. The molecule has 7 nitrogen and oxygen atoms in total. The number of halogens is 1. The molecule has 0 bridgehead atoms. The molecule has 0 radical (unpaired) electrons. The Morgan fingerprint density at radius 3 is 2.48 bits per heavy atom. The first-order chi connectivity index (χ1) is 15.0. The number of hydrazone groups is 1. The van der Waals surface area contributed by atoms with Crippen LogP contribution < -0.4 is 15.2 Å². The Bertz CT molecular complexity index is 956. The van der Waals surface area contributed by atoms with Crippen LogP contribution in [-0.2, 0) is 4.79 Å². The zero-order valence-corrected chi connectivity index (χ0v) is 18.3. The van der Waals surface area contributed by atoms with Crippen molar-refractivity contribution in [3.63, 3.8) is 0 Å². The van der Waals surface area contributed by atoms with Gasteiger partial charge >= 0.3 is 0 Å². The first-order valence-electron chi connectivity index (χ1n) is 10.3. The Balaban J connectivity index is 0.00000132. The number of carbonyl (C=O) groups excluding carboxylic acids is 1. The SMILES string of the molecule is C=C.CNc1cc(N2CCN(C)CC2)c(F)cc1C1=NN(c2ccccn2)C(=O)C1C. The summed E-state index contributed by atoms with van der Waals surface area (Å²) in [6, 6.07) is 8.62. The first kappa shape index (κ1) is 22.4. The van der Waals surface area contributed by atoms with Crippen LogP contribution in [-0.4, -0.2) is 61.8 Å². The van der Waals surface area contributed by atoms with Gasteiger partial charge in [0.1, 0.15) is 5.82 Å². The quantitative estimate of drug-likeness (QED) is 0.764. The average molecular weight is 425 g/mol. The number of rotatable bonds is 4. The van der Waals surface area contributed by atoms with Gasteiger partial charge in [0, 0.05) is 50.7 Å². The summed E-state index contributed by atoms with van der Waals surface area (Å²) in [4.78, 5) is 21.3. The molecule has 1 atom stereocenters. The van der Waals surface area contributed by atoms with E-state index in [2.05, 4.69) is 45.4 Å². The van der Waals surface area contributed by atoms with Gasteiger partial charge in [-0.2, -0.15) is 10.1 Å². The zero-order valence-electron chi connectivity index (χ0n) is 18.3. The molecule has 1 unspecified atom stereocenters. The van der Waals surface area contributed by atoms with Crippen LogP contribution >= 0.6 is 0 Å². The van der Waals surface area contributed by atoms with E-state index < -0.39 is 5.92 Å². The van der Waals surface area contributed by atoms with Gasteiger partial charge in [-0.1, -0.05) is 6.07 Å². The second-order valence-electron chi connectivity index (χ2n) is 7.43. The normalized spacial score (nSPS) is 19.0. The van der Waals surface area contributed by atoms with Crippen molar-refractivity contribution in [1.82, 2.24) is 9.88 Å². The lowest BCUT2D eigenvalue weighted by molar-refractivity contribution is -0.119. The molecule has 164 valence electrons. The molecule has 2 aromatic rings. The minimum atomic E-state index is -0.488. The van der Waals surface area contributed by atoms with E-state index in [4.69, 9.17) is 0 Å².